The van der Waals surface area contributed by atoms with Crippen LogP contribution in [0.2, 0.25) is 5.02 Å². The summed E-state index contributed by atoms with van der Waals surface area (Å²) in [5, 5.41) is 0.284. The second-order valence-corrected chi connectivity index (χ2v) is 8.15. The quantitative estimate of drug-likeness (QED) is 0.654. The molecule has 9 heteroatoms. The molecule has 0 N–H and O–H groups in total. The normalized spacial score (nSPS) is 15.4. The van der Waals surface area contributed by atoms with Crippen molar-refractivity contribution >= 4 is 28.7 Å². The lowest BCUT2D eigenvalue weighted by Crippen LogP contribution is -2.38. The van der Waals surface area contributed by atoms with Gasteiger partial charge in [-0.3, -0.25) is 18.5 Å². The number of piperidine rings is 1. The first-order valence-electron chi connectivity index (χ1n) is 9.63. The van der Waals surface area contributed by atoms with Crippen molar-refractivity contribution < 1.29 is 4.39 Å². The van der Waals surface area contributed by atoms with Crippen LogP contribution in [0.25, 0.3) is 11.2 Å². The van der Waals surface area contributed by atoms with Gasteiger partial charge >= 0.3 is 5.69 Å². The number of imidazole rings is 1. The minimum absolute atomic E-state index is 0.0524. The summed E-state index contributed by atoms with van der Waals surface area (Å²) >= 11 is 6.26. The Bertz CT molecular complexity index is 1180. The van der Waals surface area contributed by atoms with Crippen LogP contribution in [-0.2, 0) is 20.6 Å². The molecule has 1 fully saturated rings. The molecule has 0 spiro atoms. The zero-order valence-corrected chi connectivity index (χ0v) is 17.4. The van der Waals surface area contributed by atoms with Crippen molar-refractivity contribution in [2.45, 2.75) is 26.3 Å². The summed E-state index contributed by atoms with van der Waals surface area (Å²) in [6, 6.07) is 4.51. The minimum atomic E-state index is -0.459. The van der Waals surface area contributed by atoms with Crippen LogP contribution in [0.3, 0.4) is 0 Å². The molecule has 0 atom stereocenters. The fraction of sp³-hybridized carbons (Fsp3) is 0.450. The molecule has 1 saturated heterocycles. The average Bonchev–Trinajstić information content (AvgIpc) is 3.07. The number of rotatable bonds is 3. The summed E-state index contributed by atoms with van der Waals surface area (Å²) in [4.78, 5) is 32.1. The molecule has 4 rings (SSSR count). The van der Waals surface area contributed by atoms with Crippen LogP contribution in [0, 0.1) is 11.7 Å². The second-order valence-electron chi connectivity index (χ2n) is 7.75. The van der Waals surface area contributed by atoms with Crippen molar-refractivity contribution in [2.24, 2.45) is 20.0 Å². The lowest BCUT2D eigenvalue weighted by molar-refractivity contribution is 0.432. The Morgan fingerprint density at radius 1 is 1.17 bits per heavy atom. The van der Waals surface area contributed by atoms with E-state index in [9.17, 15) is 14.0 Å². The largest absolute Gasteiger partial charge is 0.342 e. The van der Waals surface area contributed by atoms with Gasteiger partial charge in [0, 0.05) is 37.8 Å². The van der Waals surface area contributed by atoms with Crippen LogP contribution in [0.5, 0.6) is 0 Å². The molecule has 2 aromatic heterocycles. The van der Waals surface area contributed by atoms with E-state index in [0.29, 0.717) is 17.5 Å². The molecule has 3 heterocycles. The van der Waals surface area contributed by atoms with Gasteiger partial charge in [0.25, 0.3) is 5.56 Å². The number of anilines is 1. The first kappa shape index (κ1) is 19.7. The number of halogens is 2. The molecular weight excluding hydrogens is 397 g/mol. The van der Waals surface area contributed by atoms with E-state index in [4.69, 9.17) is 11.6 Å². The van der Waals surface area contributed by atoms with E-state index in [1.807, 2.05) is 0 Å². The van der Waals surface area contributed by atoms with Crippen molar-refractivity contribution in [3.63, 3.8) is 0 Å². The molecule has 3 aromatic rings. The van der Waals surface area contributed by atoms with Crippen molar-refractivity contribution in [3.05, 3.63) is 55.4 Å². The second kappa shape index (κ2) is 7.33. The van der Waals surface area contributed by atoms with E-state index >= 15 is 0 Å². The lowest BCUT2D eigenvalue weighted by atomic mass is 10.00. The maximum Gasteiger partial charge on any atom is 0.332 e. The molecule has 0 radical (unpaired) electrons. The van der Waals surface area contributed by atoms with Crippen LogP contribution < -0.4 is 16.1 Å². The SMILES string of the molecule is CC1CCN(c2nc3c(c(=O)n(C)c(=O)n3C)n2Cc2c(F)cccc2Cl)CC1. The Morgan fingerprint density at radius 3 is 2.52 bits per heavy atom. The van der Waals surface area contributed by atoms with Crippen LogP contribution in [0.4, 0.5) is 10.3 Å². The number of fused-ring (bicyclic) bond motifs is 1. The Hall–Kier alpha value is -2.61. The van der Waals surface area contributed by atoms with E-state index in [2.05, 4.69) is 16.8 Å². The van der Waals surface area contributed by atoms with E-state index < -0.39 is 17.1 Å². The summed E-state index contributed by atoms with van der Waals surface area (Å²) in [5.41, 5.74) is -0.0627. The van der Waals surface area contributed by atoms with E-state index in [1.165, 1.54) is 17.7 Å². The predicted molar refractivity (Wildman–Crippen MR) is 111 cm³/mol. The van der Waals surface area contributed by atoms with Crippen molar-refractivity contribution in [1.29, 1.82) is 0 Å². The highest BCUT2D eigenvalue weighted by Crippen LogP contribution is 2.28. The van der Waals surface area contributed by atoms with Gasteiger partial charge in [-0.2, -0.15) is 4.98 Å². The number of aryl methyl sites for hydroxylation is 1. The maximum atomic E-state index is 14.5. The van der Waals surface area contributed by atoms with Crippen LogP contribution in [0.15, 0.2) is 27.8 Å². The zero-order chi connectivity index (χ0) is 20.9. The van der Waals surface area contributed by atoms with Crippen molar-refractivity contribution in [3.8, 4) is 0 Å². The van der Waals surface area contributed by atoms with Gasteiger partial charge in [-0.05, 0) is 30.9 Å². The third-order valence-corrected chi connectivity index (χ3v) is 6.13. The molecule has 0 bridgehead atoms. The molecule has 1 aromatic carbocycles. The molecule has 0 aliphatic carbocycles. The van der Waals surface area contributed by atoms with Gasteiger partial charge in [0.1, 0.15) is 5.82 Å². The highest BCUT2D eigenvalue weighted by molar-refractivity contribution is 6.31. The average molecular weight is 420 g/mol. The monoisotopic (exact) mass is 419 g/mol. The highest BCUT2D eigenvalue weighted by atomic mass is 35.5. The zero-order valence-electron chi connectivity index (χ0n) is 16.7. The topological polar surface area (TPSA) is 65.1 Å². The molecule has 0 amide bonds. The number of benzene rings is 1. The Morgan fingerprint density at radius 2 is 1.86 bits per heavy atom. The molecule has 0 unspecified atom stereocenters. The summed E-state index contributed by atoms with van der Waals surface area (Å²) in [7, 11) is 3.01. The smallest absolute Gasteiger partial charge is 0.332 e. The van der Waals surface area contributed by atoms with Gasteiger partial charge in [-0.1, -0.05) is 24.6 Å². The third-order valence-electron chi connectivity index (χ3n) is 5.77. The summed E-state index contributed by atoms with van der Waals surface area (Å²) < 4.78 is 18.6. The van der Waals surface area contributed by atoms with E-state index in [1.54, 1.807) is 23.7 Å². The molecule has 7 nitrogen and oxygen atoms in total. The highest BCUT2D eigenvalue weighted by Gasteiger charge is 2.26. The maximum absolute atomic E-state index is 14.5. The Balaban J connectivity index is 1.98. The van der Waals surface area contributed by atoms with E-state index in [-0.39, 0.29) is 22.6 Å². The van der Waals surface area contributed by atoms with Gasteiger partial charge in [0.05, 0.1) is 6.54 Å². The molecular formula is C20H23ClFN5O2. The molecule has 0 saturated carbocycles. The fourth-order valence-corrected chi connectivity index (χ4v) is 4.10. The molecule has 154 valence electrons. The van der Waals surface area contributed by atoms with Gasteiger partial charge in [0.15, 0.2) is 11.2 Å². The molecule has 29 heavy (non-hydrogen) atoms. The number of aromatic nitrogens is 4. The van der Waals surface area contributed by atoms with Gasteiger partial charge in [-0.15, -0.1) is 0 Å². The first-order chi connectivity index (χ1) is 13.8. The summed E-state index contributed by atoms with van der Waals surface area (Å²) in [5.74, 6) is 0.728. The molecule has 1 aliphatic rings. The summed E-state index contributed by atoms with van der Waals surface area (Å²) in [6.45, 7) is 3.82. The number of hydrogen-bond donors (Lipinski definition) is 0. The number of hydrogen-bond acceptors (Lipinski definition) is 4. The van der Waals surface area contributed by atoms with Gasteiger partial charge < -0.3 is 4.90 Å². The van der Waals surface area contributed by atoms with Crippen LogP contribution in [-0.4, -0.2) is 31.8 Å². The van der Waals surface area contributed by atoms with Gasteiger partial charge in [-0.25, -0.2) is 9.18 Å². The number of nitrogens with zero attached hydrogens (tertiary/aromatic N) is 5. The molecule has 1 aliphatic heterocycles. The Labute approximate surface area is 171 Å². The lowest BCUT2D eigenvalue weighted by Gasteiger charge is -2.31. The first-order valence-corrected chi connectivity index (χ1v) is 10.0. The standard InChI is InChI=1S/C20H23ClFN5O2/c1-12-7-9-26(10-8-12)19-23-17-16(18(28)25(3)20(29)24(17)2)27(19)11-13-14(21)5-4-6-15(13)22/h4-6,12H,7-11H2,1-3H3. The van der Waals surface area contributed by atoms with Crippen molar-refractivity contribution in [2.75, 3.05) is 18.0 Å². The van der Waals surface area contributed by atoms with E-state index in [0.717, 1.165) is 30.5 Å². The van der Waals surface area contributed by atoms with Crippen molar-refractivity contribution in [1.82, 2.24) is 18.7 Å². The van der Waals surface area contributed by atoms with Crippen LogP contribution >= 0.6 is 11.6 Å². The summed E-state index contributed by atoms with van der Waals surface area (Å²) in [6.07, 6.45) is 2.00. The Kier molecular flexibility index (Phi) is 4.98. The fourth-order valence-electron chi connectivity index (χ4n) is 3.88. The third kappa shape index (κ3) is 3.25. The minimum Gasteiger partial charge on any atom is -0.342 e. The predicted octanol–water partition coefficient (Wildman–Crippen LogP) is 2.51. The van der Waals surface area contributed by atoms with Crippen LogP contribution in [0.1, 0.15) is 25.3 Å². The van der Waals surface area contributed by atoms with Gasteiger partial charge in [0.2, 0.25) is 5.95 Å².